The van der Waals surface area contributed by atoms with Crippen LogP contribution in [0.25, 0.3) is 0 Å². The maximum atomic E-state index is 6.70. The molecule has 4 rings (SSSR count). The summed E-state index contributed by atoms with van der Waals surface area (Å²) in [5.41, 5.74) is 2.78. The van der Waals surface area contributed by atoms with Crippen molar-refractivity contribution in [2.75, 3.05) is 0 Å². The molecule has 2 aromatic rings. The van der Waals surface area contributed by atoms with Gasteiger partial charge in [-0.15, -0.1) is 0 Å². The molecule has 0 aromatic heterocycles. The number of hydrogen-bond donors (Lipinski definition) is 0. The fraction of sp³-hybridized carbons (Fsp3) is 0.455. The Labute approximate surface area is 139 Å². The van der Waals surface area contributed by atoms with Crippen molar-refractivity contribution in [3.8, 4) is 0 Å². The van der Waals surface area contributed by atoms with E-state index in [4.69, 9.17) is 4.74 Å². The summed E-state index contributed by atoms with van der Waals surface area (Å²) in [5.74, 6) is 2.00. The van der Waals surface area contributed by atoms with Crippen molar-refractivity contribution in [2.24, 2.45) is 17.8 Å². The van der Waals surface area contributed by atoms with Gasteiger partial charge in [0.05, 0.1) is 11.7 Å². The molecule has 0 bridgehead atoms. The van der Waals surface area contributed by atoms with Crippen molar-refractivity contribution < 1.29 is 4.74 Å². The maximum Gasteiger partial charge on any atom is 0.0888 e. The van der Waals surface area contributed by atoms with E-state index in [1.165, 1.54) is 24.0 Å². The second-order valence-corrected chi connectivity index (χ2v) is 7.52. The maximum absolute atomic E-state index is 6.70. The standard InChI is InChI=1S/C22H26O/c1-16-13-14-20-21(19-11-7-4-8-12-19)23-22(20,17(16)2)15-18-9-5-3-6-10-18/h3-12,16-17,20-21H,13-15H2,1-2H3/t16-,17-,20?,21+,22+/m0/s1. The molecule has 0 radical (unpaired) electrons. The summed E-state index contributed by atoms with van der Waals surface area (Å²) < 4.78 is 6.70. The molecule has 120 valence electrons. The van der Waals surface area contributed by atoms with Gasteiger partial charge in [-0.1, -0.05) is 74.5 Å². The molecule has 1 unspecified atom stereocenters. The lowest BCUT2D eigenvalue weighted by molar-refractivity contribution is -0.309. The molecular weight excluding hydrogens is 280 g/mol. The van der Waals surface area contributed by atoms with E-state index in [9.17, 15) is 0 Å². The van der Waals surface area contributed by atoms with Crippen LogP contribution in [0.2, 0.25) is 0 Å². The van der Waals surface area contributed by atoms with Gasteiger partial charge in [0.2, 0.25) is 0 Å². The molecule has 2 aliphatic rings. The van der Waals surface area contributed by atoms with Crippen molar-refractivity contribution in [2.45, 2.75) is 44.8 Å². The fourth-order valence-electron chi connectivity index (χ4n) is 4.80. The topological polar surface area (TPSA) is 9.23 Å². The highest BCUT2D eigenvalue weighted by atomic mass is 16.5. The minimum Gasteiger partial charge on any atom is -0.366 e. The lowest BCUT2D eigenvalue weighted by Crippen LogP contribution is -2.64. The van der Waals surface area contributed by atoms with Gasteiger partial charge in [0.1, 0.15) is 0 Å². The Balaban J connectivity index is 1.64. The van der Waals surface area contributed by atoms with Gasteiger partial charge in [-0.25, -0.2) is 0 Å². The van der Waals surface area contributed by atoms with Crippen LogP contribution in [0, 0.1) is 17.8 Å². The molecule has 1 saturated carbocycles. The molecule has 23 heavy (non-hydrogen) atoms. The number of benzene rings is 2. The van der Waals surface area contributed by atoms with Gasteiger partial charge in [-0.3, -0.25) is 0 Å². The number of fused-ring (bicyclic) bond motifs is 1. The summed E-state index contributed by atoms with van der Waals surface area (Å²) in [7, 11) is 0. The summed E-state index contributed by atoms with van der Waals surface area (Å²) >= 11 is 0. The number of ether oxygens (including phenoxy) is 1. The summed E-state index contributed by atoms with van der Waals surface area (Å²) in [4.78, 5) is 0. The van der Waals surface area contributed by atoms with Gasteiger partial charge in [-0.05, 0) is 35.8 Å². The quantitative estimate of drug-likeness (QED) is 0.735. The van der Waals surface area contributed by atoms with Gasteiger partial charge >= 0.3 is 0 Å². The van der Waals surface area contributed by atoms with Crippen LogP contribution in [0.5, 0.6) is 0 Å². The first-order chi connectivity index (χ1) is 11.2. The predicted molar refractivity (Wildman–Crippen MR) is 94.2 cm³/mol. The highest BCUT2D eigenvalue weighted by Gasteiger charge is 2.60. The van der Waals surface area contributed by atoms with Gasteiger partial charge in [0, 0.05) is 12.3 Å². The van der Waals surface area contributed by atoms with Gasteiger partial charge in [0.15, 0.2) is 0 Å². The highest BCUT2D eigenvalue weighted by Crippen LogP contribution is 2.60. The van der Waals surface area contributed by atoms with E-state index in [0.29, 0.717) is 11.8 Å². The number of hydrogen-bond acceptors (Lipinski definition) is 1. The van der Waals surface area contributed by atoms with Crippen LogP contribution in [0.3, 0.4) is 0 Å². The van der Waals surface area contributed by atoms with Crippen LogP contribution in [-0.2, 0) is 11.2 Å². The Morgan fingerprint density at radius 3 is 2.26 bits per heavy atom. The van der Waals surface area contributed by atoms with E-state index >= 15 is 0 Å². The van der Waals surface area contributed by atoms with Crippen LogP contribution in [0.4, 0.5) is 0 Å². The van der Waals surface area contributed by atoms with E-state index in [1.807, 2.05) is 0 Å². The first-order valence-corrected chi connectivity index (χ1v) is 8.97. The van der Waals surface area contributed by atoms with Gasteiger partial charge in [-0.2, -0.15) is 0 Å². The molecule has 0 spiro atoms. The molecule has 0 amide bonds. The summed E-state index contributed by atoms with van der Waals surface area (Å²) in [6.07, 6.45) is 3.95. The third-order valence-electron chi connectivity index (χ3n) is 6.35. The Morgan fingerprint density at radius 2 is 1.57 bits per heavy atom. The minimum absolute atomic E-state index is 0.0273. The minimum atomic E-state index is 0.0273. The molecule has 2 fully saturated rings. The Kier molecular flexibility index (Phi) is 3.77. The van der Waals surface area contributed by atoms with E-state index in [1.54, 1.807) is 0 Å². The third-order valence-corrected chi connectivity index (χ3v) is 6.35. The average molecular weight is 306 g/mol. The molecule has 5 atom stereocenters. The molecule has 1 saturated heterocycles. The summed E-state index contributed by atoms with van der Waals surface area (Å²) in [6.45, 7) is 4.80. The van der Waals surface area contributed by atoms with E-state index in [0.717, 1.165) is 12.3 Å². The van der Waals surface area contributed by atoms with Crippen LogP contribution in [-0.4, -0.2) is 5.60 Å². The van der Waals surface area contributed by atoms with Crippen molar-refractivity contribution in [1.29, 1.82) is 0 Å². The first-order valence-electron chi connectivity index (χ1n) is 8.97. The smallest absolute Gasteiger partial charge is 0.0888 e. The Morgan fingerprint density at radius 1 is 0.913 bits per heavy atom. The Hall–Kier alpha value is -1.60. The van der Waals surface area contributed by atoms with Crippen molar-refractivity contribution in [1.82, 2.24) is 0 Å². The normalized spacial score (nSPS) is 36.1. The zero-order valence-corrected chi connectivity index (χ0v) is 14.1. The predicted octanol–water partition coefficient (Wildman–Crippen LogP) is 5.42. The first kappa shape index (κ1) is 15.0. The van der Waals surface area contributed by atoms with E-state index in [-0.39, 0.29) is 11.7 Å². The second-order valence-electron chi connectivity index (χ2n) is 7.52. The van der Waals surface area contributed by atoms with Crippen LogP contribution in [0.1, 0.15) is 43.9 Å². The van der Waals surface area contributed by atoms with Crippen LogP contribution < -0.4 is 0 Å². The number of rotatable bonds is 3. The van der Waals surface area contributed by atoms with Gasteiger partial charge in [0.25, 0.3) is 0 Å². The molecule has 0 N–H and O–H groups in total. The molecule has 1 heteroatoms. The zero-order valence-electron chi connectivity index (χ0n) is 14.1. The molecule has 2 aromatic carbocycles. The lowest BCUT2D eigenvalue weighted by Gasteiger charge is -2.62. The molecule has 1 aliphatic carbocycles. The molecule has 1 heterocycles. The van der Waals surface area contributed by atoms with Crippen molar-refractivity contribution >= 4 is 0 Å². The third kappa shape index (κ3) is 2.42. The summed E-state index contributed by atoms with van der Waals surface area (Å²) in [5, 5.41) is 0. The van der Waals surface area contributed by atoms with Crippen LogP contribution in [0.15, 0.2) is 60.7 Å². The van der Waals surface area contributed by atoms with Crippen LogP contribution >= 0.6 is 0 Å². The molecule has 1 nitrogen and oxygen atoms in total. The molecule has 1 aliphatic heterocycles. The molecular formula is C22H26O. The largest absolute Gasteiger partial charge is 0.366 e. The average Bonchev–Trinajstić information content (AvgIpc) is 2.58. The van der Waals surface area contributed by atoms with Crippen molar-refractivity contribution in [3.63, 3.8) is 0 Å². The summed E-state index contributed by atoms with van der Waals surface area (Å²) in [6, 6.07) is 21.7. The van der Waals surface area contributed by atoms with Crippen molar-refractivity contribution in [3.05, 3.63) is 71.8 Å². The van der Waals surface area contributed by atoms with E-state index in [2.05, 4.69) is 74.5 Å². The van der Waals surface area contributed by atoms with E-state index < -0.39 is 0 Å². The lowest BCUT2D eigenvalue weighted by atomic mass is 9.56. The monoisotopic (exact) mass is 306 g/mol. The van der Waals surface area contributed by atoms with Gasteiger partial charge < -0.3 is 4.74 Å². The highest BCUT2D eigenvalue weighted by molar-refractivity contribution is 5.27. The SMILES string of the molecule is C[C@H]1CCC2[C@@H](c3ccccc3)O[C@]2(Cc2ccccc2)[C@H]1C. The fourth-order valence-corrected chi connectivity index (χ4v) is 4.80. The second kappa shape index (κ2) is 5.79. The Bertz CT molecular complexity index is 650. The zero-order chi connectivity index (χ0) is 15.9.